The van der Waals surface area contributed by atoms with Crippen molar-refractivity contribution >= 4 is 17.7 Å². The summed E-state index contributed by atoms with van der Waals surface area (Å²) in [5.74, 6) is 1.65. The fourth-order valence-electron chi connectivity index (χ4n) is 2.65. The number of amides is 1. The predicted molar refractivity (Wildman–Crippen MR) is 112 cm³/mol. The molecule has 7 heteroatoms. The SMILES string of the molecule is CCCOc1ccc(/C=C/C(=O)Nc2cccnc2-n2cccn2)cc1OCC. The van der Waals surface area contributed by atoms with Crippen molar-refractivity contribution in [1.29, 1.82) is 0 Å². The van der Waals surface area contributed by atoms with Gasteiger partial charge in [0.2, 0.25) is 5.91 Å². The smallest absolute Gasteiger partial charge is 0.248 e. The number of pyridine rings is 1. The lowest BCUT2D eigenvalue weighted by Gasteiger charge is -2.12. The van der Waals surface area contributed by atoms with Crippen LogP contribution < -0.4 is 14.8 Å². The number of nitrogens with zero attached hydrogens (tertiary/aromatic N) is 3. The van der Waals surface area contributed by atoms with Gasteiger partial charge in [0.25, 0.3) is 0 Å². The van der Waals surface area contributed by atoms with Gasteiger partial charge in [0, 0.05) is 24.7 Å². The van der Waals surface area contributed by atoms with Crippen molar-refractivity contribution in [2.75, 3.05) is 18.5 Å². The molecule has 29 heavy (non-hydrogen) atoms. The summed E-state index contributed by atoms with van der Waals surface area (Å²) in [7, 11) is 0. The van der Waals surface area contributed by atoms with E-state index in [-0.39, 0.29) is 5.91 Å². The second kappa shape index (κ2) is 10.1. The Morgan fingerprint density at radius 1 is 1.14 bits per heavy atom. The number of rotatable bonds is 9. The highest BCUT2D eigenvalue weighted by atomic mass is 16.5. The molecule has 0 radical (unpaired) electrons. The van der Waals surface area contributed by atoms with E-state index in [4.69, 9.17) is 9.47 Å². The van der Waals surface area contributed by atoms with E-state index in [9.17, 15) is 4.79 Å². The van der Waals surface area contributed by atoms with Crippen molar-refractivity contribution in [3.8, 4) is 17.3 Å². The van der Waals surface area contributed by atoms with Gasteiger partial charge in [-0.1, -0.05) is 13.0 Å². The Bertz CT molecular complexity index is 968. The van der Waals surface area contributed by atoms with Crippen LogP contribution in [0, 0.1) is 0 Å². The monoisotopic (exact) mass is 392 g/mol. The summed E-state index contributed by atoms with van der Waals surface area (Å²) in [5.41, 5.74) is 1.41. The summed E-state index contributed by atoms with van der Waals surface area (Å²) < 4.78 is 13.0. The number of anilines is 1. The highest BCUT2D eigenvalue weighted by Crippen LogP contribution is 2.29. The summed E-state index contributed by atoms with van der Waals surface area (Å²) in [4.78, 5) is 16.7. The molecule has 1 amide bonds. The predicted octanol–water partition coefficient (Wildman–Crippen LogP) is 4.11. The number of carbonyl (C=O) groups is 1. The molecule has 2 heterocycles. The maximum absolute atomic E-state index is 12.4. The summed E-state index contributed by atoms with van der Waals surface area (Å²) in [6.07, 6.45) is 9.19. The van der Waals surface area contributed by atoms with Gasteiger partial charge < -0.3 is 14.8 Å². The molecule has 0 atom stereocenters. The van der Waals surface area contributed by atoms with E-state index in [2.05, 4.69) is 22.3 Å². The molecule has 0 fully saturated rings. The molecule has 0 aliphatic carbocycles. The highest BCUT2D eigenvalue weighted by molar-refractivity contribution is 6.02. The molecule has 2 aromatic heterocycles. The zero-order valence-corrected chi connectivity index (χ0v) is 16.5. The van der Waals surface area contributed by atoms with Crippen LogP contribution in [0.2, 0.25) is 0 Å². The Morgan fingerprint density at radius 2 is 2.03 bits per heavy atom. The van der Waals surface area contributed by atoms with Crippen LogP contribution in [0.4, 0.5) is 5.69 Å². The first kappa shape index (κ1) is 20.1. The van der Waals surface area contributed by atoms with Crippen LogP contribution in [0.1, 0.15) is 25.8 Å². The van der Waals surface area contributed by atoms with E-state index in [1.807, 2.05) is 25.1 Å². The van der Waals surface area contributed by atoms with Crippen LogP contribution in [0.15, 0.2) is 61.1 Å². The summed E-state index contributed by atoms with van der Waals surface area (Å²) in [5, 5.41) is 7.01. The average Bonchev–Trinajstić information content (AvgIpc) is 3.27. The Kier molecular flexibility index (Phi) is 7.00. The molecular formula is C22H24N4O3. The molecule has 3 rings (SSSR count). The van der Waals surface area contributed by atoms with Gasteiger partial charge in [-0.05, 0) is 55.3 Å². The number of aromatic nitrogens is 3. The topological polar surface area (TPSA) is 78.3 Å². The van der Waals surface area contributed by atoms with Crippen LogP contribution in [0.5, 0.6) is 11.5 Å². The highest BCUT2D eigenvalue weighted by Gasteiger charge is 2.09. The molecule has 0 saturated carbocycles. The van der Waals surface area contributed by atoms with Crippen molar-refractivity contribution in [3.63, 3.8) is 0 Å². The molecule has 7 nitrogen and oxygen atoms in total. The zero-order chi connectivity index (χ0) is 20.5. The van der Waals surface area contributed by atoms with Gasteiger partial charge in [-0.25, -0.2) is 9.67 Å². The number of carbonyl (C=O) groups excluding carboxylic acids is 1. The minimum atomic E-state index is -0.268. The Labute approximate surface area is 170 Å². The lowest BCUT2D eigenvalue weighted by molar-refractivity contribution is -0.111. The molecule has 0 aliphatic heterocycles. The molecule has 0 aliphatic rings. The molecule has 0 saturated heterocycles. The van der Waals surface area contributed by atoms with Crippen LogP contribution in [-0.2, 0) is 4.79 Å². The van der Waals surface area contributed by atoms with E-state index >= 15 is 0 Å². The summed E-state index contributed by atoms with van der Waals surface area (Å²) in [6, 6.07) is 10.9. The maximum atomic E-state index is 12.4. The van der Waals surface area contributed by atoms with E-state index < -0.39 is 0 Å². The van der Waals surface area contributed by atoms with Crippen LogP contribution in [0.25, 0.3) is 11.9 Å². The van der Waals surface area contributed by atoms with Gasteiger partial charge in [-0.3, -0.25) is 4.79 Å². The van der Waals surface area contributed by atoms with Crippen molar-refractivity contribution in [2.45, 2.75) is 20.3 Å². The molecule has 1 N–H and O–H groups in total. The first-order valence-corrected chi connectivity index (χ1v) is 9.55. The van der Waals surface area contributed by atoms with Gasteiger partial charge in [-0.2, -0.15) is 5.10 Å². The third-order valence-electron chi connectivity index (χ3n) is 3.92. The fraction of sp³-hybridized carbons (Fsp3) is 0.227. The number of hydrogen-bond donors (Lipinski definition) is 1. The van der Waals surface area contributed by atoms with Gasteiger partial charge >= 0.3 is 0 Å². The minimum Gasteiger partial charge on any atom is -0.490 e. The number of hydrogen-bond acceptors (Lipinski definition) is 5. The lowest BCUT2D eigenvalue weighted by Crippen LogP contribution is -2.11. The zero-order valence-electron chi connectivity index (χ0n) is 16.5. The minimum absolute atomic E-state index is 0.268. The van der Waals surface area contributed by atoms with Gasteiger partial charge in [0.15, 0.2) is 17.3 Å². The van der Waals surface area contributed by atoms with Crippen molar-refractivity contribution < 1.29 is 14.3 Å². The first-order chi connectivity index (χ1) is 14.2. The fourth-order valence-corrected chi connectivity index (χ4v) is 2.65. The number of benzene rings is 1. The summed E-state index contributed by atoms with van der Waals surface area (Å²) >= 11 is 0. The second-order valence-electron chi connectivity index (χ2n) is 6.14. The normalized spacial score (nSPS) is 10.8. The maximum Gasteiger partial charge on any atom is 0.248 e. The van der Waals surface area contributed by atoms with Crippen molar-refractivity contribution in [3.05, 3.63) is 66.6 Å². The third-order valence-corrected chi connectivity index (χ3v) is 3.92. The van der Waals surface area contributed by atoms with Crippen molar-refractivity contribution in [1.82, 2.24) is 14.8 Å². The van der Waals surface area contributed by atoms with Gasteiger partial charge in [0.1, 0.15) is 0 Å². The van der Waals surface area contributed by atoms with E-state index in [0.717, 1.165) is 12.0 Å². The Morgan fingerprint density at radius 3 is 2.79 bits per heavy atom. The molecule has 0 unspecified atom stereocenters. The summed E-state index contributed by atoms with van der Waals surface area (Å²) in [6.45, 7) is 5.13. The van der Waals surface area contributed by atoms with E-state index in [0.29, 0.717) is 36.2 Å². The molecular weight excluding hydrogens is 368 g/mol. The van der Waals surface area contributed by atoms with Gasteiger partial charge in [-0.15, -0.1) is 0 Å². The van der Waals surface area contributed by atoms with E-state index in [1.165, 1.54) is 6.08 Å². The van der Waals surface area contributed by atoms with Crippen LogP contribution in [0.3, 0.4) is 0 Å². The molecule has 1 aromatic carbocycles. The first-order valence-electron chi connectivity index (χ1n) is 9.55. The Hall–Kier alpha value is -3.61. The number of ether oxygens (including phenoxy) is 2. The standard InChI is InChI=1S/C22H24N4O3/c1-3-15-29-19-10-8-17(16-20(19)28-4-2)9-11-21(27)25-18-7-5-12-23-22(18)26-14-6-13-24-26/h5-14,16H,3-4,15H2,1-2H3,(H,25,27)/b11-9+. The van der Waals surface area contributed by atoms with Crippen LogP contribution >= 0.6 is 0 Å². The molecule has 0 bridgehead atoms. The van der Waals surface area contributed by atoms with E-state index in [1.54, 1.807) is 47.5 Å². The number of nitrogens with one attached hydrogen (secondary N) is 1. The van der Waals surface area contributed by atoms with Gasteiger partial charge in [0.05, 0.1) is 18.9 Å². The quantitative estimate of drug-likeness (QED) is 0.555. The molecule has 150 valence electrons. The molecule has 3 aromatic rings. The lowest BCUT2D eigenvalue weighted by atomic mass is 10.2. The largest absolute Gasteiger partial charge is 0.490 e. The molecule has 0 spiro atoms. The average molecular weight is 392 g/mol. The third kappa shape index (κ3) is 5.44. The Balaban J connectivity index is 1.72. The second-order valence-corrected chi connectivity index (χ2v) is 6.14. The van der Waals surface area contributed by atoms with Crippen molar-refractivity contribution in [2.24, 2.45) is 0 Å². The van der Waals surface area contributed by atoms with Crippen LogP contribution in [-0.4, -0.2) is 33.9 Å².